The van der Waals surface area contributed by atoms with E-state index in [0.717, 1.165) is 0 Å². The Morgan fingerprint density at radius 3 is 2.67 bits per heavy atom. The zero-order valence-corrected chi connectivity index (χ0v) is 8.80. The van der Waals surface area contributed by atoms with Gasteiger partial charge in [0.1, 0.15) is 0 Å². The molecule has 0 bridgehead atoms. The van der Waals surface area contributed by atoms with Gasteiger partial charge < -0.3 is 15.4 Å². The Morgan fingerprint density at radius 2 is 2.27 bits per heavy atom. The smallest absolute Gasteiger partial charge is 0.420 e. The molecule has 1 N–H and O–H groups in total. The first kappa shape index (κ1) is 13.4. The van der Waals surface area contributed by atoms with Gasteiger partial charge in [0.05, 0.1) is 0 Å². The van der Waals surface area contributed by atoms with Crippen molar-refractivity contribution in [3.63, 3.8) is 0 Å². The number of hydrogen-bond donors (Lipinski definition) is 1. The molecule has 0 heterocycles. The van der Waals surface area contributed by atoms with Crippen LogP contribution in [0.25, 0.3) is 5.53 Å². The molecule has 0 spiro atoms. The Kier molecular flexibility index (Phi) is 6.03. The molecule has 15 heavy (non-hydrogen) atoms. The monoisotopic (exact) mass is 210 g/mol. The first-order chi connectivity index (χ1) is 7.02. The molecule has 0 aliphatic rings. The van der Waals surface area contributed by atoms with Crippen molar-refractivity contribution in [2.24, 2.45) is 5.92 Å². The first-order valence-electron chi connectivity index (χ1n) is 4.53. The minimum atomic E-state index is -1.14. The fourth-order valence-corrected chi connectivity index (χ4v) is 0.983. The molecule has 0 saturated carbocycles. The van der Waals surface area contributed by atoms with Crippen LogP contribution in [0.5, 0.6) is 0 Å². The molecule has 0 amide bonds. The van der Waals surface area contributed by atoms with Gasteiger partial charge in [-0.2, -0.15) is 4.79 Å². The van der Waals surface area contributed by atoms with Gasteiger partial charge in [0.2, 0.25) is 0 Å². The third-order valence-corrected chi connectivity index (χ3v) is 1.61. The lowest BCUT2D eigenvalue weighted by Gasteiger charge is -2.07. The van der Waals surface area contributed by atoms with Crippen LogP contribution in [-0.4, -0.2) is 34.3 Å². The summed E-state index contributed by atoms with van der Waals surface area (Å²) in [6.07, 6.45) is 4.05. The molecule has 1 atom stereocenters. The summed E-state index contributed by atoms with van der Waals surface area (Å²) in [4.78, 5) is 13.9. The highest BCUT2D eigenvalue weighted by atomic mass is 16.5. The van der Waals surface area contributed by atoms with Crippen molar-refractivity contribution < 1.29 is 19.4 Å². The molecule has 0 aromatic rings. The molecular weight excluding hydrogens is 196 g/mol. The van der Waals surface area contributed by atoms with Crippen molar-refractivity contribution in [1.82, 2.24) is 0 Å². The van der Waals surface area contributed by atoms with Crippen LogP contribution in [0.2, 0.25) is 0 Å². The highest BCUT2D eigenvalue weighted by Gasteiger charge is 2.31. The van der Waals surface area contributed by atoms with E-state index in [1.807, 2.05) is 13.8 Å². The zero-order valence-electron chi connectivity index (χ0n) is 8.80. The summed E-state index contributed by atoms with van der Waals surface area (Å²) in [5.41, 5.74) is 8.14. The van der Waals surface area contributed by atoms with E-state index >= 15 is 0 Å². The summed E-state index contributed by atoms with van der Waals surface area (Å²) in [7, 11) is 0. The fraction of sp³-hybridized carbons (Fsp3) is 0.600. The molecule has 0 saturated heterocycles. The van der Waals surface area contributed by atoms with E-state index in [-0.39, 0.29) is 12.5 Å². The second-order valence-corrected chi connectivity index (χ2v) is 3.41. The first-order valence-corrected chi connectivity index (χ1v) is 4.53. The van der Waals surface area contributed by atoms with Crippen LogP contribution in [-0.2, 0) is 9.53 Å². The van der Waals surface area contributed by atoms with Crippen molar-refractivity contribution in [2.45, 2.75) is 26.4 Å². The van der Waals surface area contributed by atoms with Gasteiger partial charge in [0.25, 0.3) is 0 Å². The van der Waals surface area contributed by atoms with E-state index in [1.54, 1.807) is 0 Å². The third-order valence-electron chi connectivity index (χ3n) is 1.61. The second-order valence-electron chi connectivity index (χ2n) is 3.41. The molecule has 0 aliphatic heterocycles. The Labute approximate surface area is 88.7 Å². The van der Waals surface area contributed by atoms with E-state index in [9.17, 15) is 9.90 Å². The third kappa shape index (κ3) is 4.96. The van der Waals surface area contributed by atoms with E-state index < -0.39 is 17.8 Å². The van der Waals surface area contributed by atoms with Crippen LogP contribution in [0.4, 0.5) is 0 Å². The lowest BCUT2D eigenvalue weighted by atomic mass is 10.0. The summed E-state index contributed by atoms with van der Waals surface area (Å²) < 4.78 is 4.52. The van der Waals surface area contributed by atoms with E-state index in [2.05, 4.69) is 15.4 Å². The molecular formula is C10H14N2O3. The minimum absolute atomic E-state index is 0.164. The van der Waals surface area contributed by atoms with E-state index in [1.165, 1.54) is 0 Å². The van der Waals surface area contributed by atoms with Crippen molar-refractivity contribution in [3.05, 3.63) is 5.53 Å². The number of aliphatic hydroxyl groups is 1. The fourth-order valence-electron chi connectivity index (χ4n) is 0.983. The quantitative estimate of drug-likeness (QED) is 0.232. The Bertz CT molecular complexity index is 311. The molecule has 1 unspecified atom stereocenters. The van der Waals surface area contributed by atoms with Crippen molar-refractivity contribution in [1.29, 1.82) is 0 Å². The summed E-state index contributed by atoms with van der Waals surface area (Å²) in [5, 5.41) is 9.51. The van der Waals surface area contributed by atoms with E-state index in [4.69, 9.17) is 12.0 Å². The summed E-state index contributed by atoms with van der Waals surface area (Å²) in [6, 6.07) is 0. The Balaban J connectivity index is 4.44. The molecule has 82 valence electrons. The second kappa shape index (κ2) is 6.77. The molecule has 5 nitrogen and oxygen atoms in total. The highest BCUT2D eigenvalue weighted by Crippen LogP contribution is 2.05. The molecule has 0 radical (unpaired) electrons. The van der Waals surface area contributed by atoms with Crippen LogP contribution in [0.1, 0.15) is 20.3 Å². The number of ether oxygens (including phenoxy) is 1. The van der Waals surface area contributed by atoms with Crippen LogP contribution in [0.15, 0.2) is 0 Å². The van der Waals surface area contributed by atoms with Gasteiger partial charge in [-0.25, -0.2) is 4.79 Å². The van der Waals surface area contributed by atoms with Gasteiger partial charge in [-0.15, -0.1) is 6.42 Å². The van der Waals surface area contributed by atoms with Crippen LogP contribution >= 0.6 is 0 Å². The predicted molar refractivity (Wildman–Crippen MR) is 53.9 cm³/mol. The maximum atomic E-state index is 11.2. The zero-order chi connectivity index (χ0) is 11.8. The van der Waals surface area contributed by atoms with Gasteiger partial charge in [-0.1, -0.05) is 19.8 Å². The number of esters is 1. The predicted octanol–water partition coefficient (Wildman–Crippen LogP) is 0.241. The van der Waals surface area contributed by atoms with E-state index in [0.29, 0.717) is 6.42 Å². The van der Waals surface area contributed by atoms with Gasteiger partial charge in [0.15, 0.2) is 12.7 Å². The molecule has 5 heteroatoms. The highest BCUT2D eigenvalue weighted by molar-refractivity contribution is 6.35. The Hall–Kier alpha value is -1.63. The topological polar surface area (TPSA) is 82.9 Å². The van der Waals surface area contributed by atoms with Crippen molar-refractivity contribution in [2.75, 3.05) is 6.61 Å². The number of nitrogens with zero attached hydrogens (tertiary/aromatic N) is 2. The van der Waals surface area contributed by atoms with Gasteiger partial charge in [-0.05, 0) is 12.3 Å². The van der Waals surface area contributed by atoms with Gasteiger partial charge in [-0.3, -0.25) is 0 Å². The maximum absolute atomic E-state index is 11.2. The normalized spacial score (nSPS) is 11.4. The summed E-state index contributed by atoms with van der Waals surface area (Å²) >= 11 is 0. The van der Waals surface area contributed by atoms with Crippen LogP contribution < -0.4 is 0 Å². The summed E-state index contributed by atoms with van der Waals surface area (Å²) in [5.74, 6) is 1.36. The molecule has 0 aliphatic carbocycles. The van der Waals surface area contributed by atoms with Crippen LogP contribution in [0, 0.1) is 18.3 Å². The Morgan fingerprint density at radius 1 is 1.67 bits per heavy atom. The molecule has 0 aromatic carbocycles. The number of aliphatic hydroxyl groups excluding tert-OH is 1. The SMILES string of the molecule is C#CCOC(=O)C(=[N+]=[N-])C(O)CC(C)C. The maximum Gasteiger partial charge on any atom is 0.420 e. The molecule has 0 rings (SSSR count). The number of hydrogen-bond acceptors (Lipinski definition) is 3. The number of terminal acetylenes is 1. The lowest BCUT2D eigenvalue weighted by molar-refractivity contribution is -0.140. The van der Waals surface area contributed by atoms with Crippen molar-refractivity contribution >= 4 is 11.7 Å². The number of carbonyl (C=O) groups excluding carboxylic acids is 1. The largest absolute Gasteiger partial charge is 0.444 e. The molecule has 0 aromatic heterocycles. The minimum Gasteiger partial charge on any atom is -0.444 e. The average Bonchev–Trinajstić information content (AvgIpc) is 2.14. The van der Waals surface area contributed by atoms with Crippen LogP contribution in [0.3, 0.4) is 0 Å². The molecule has 0 fully saturated rings. The average molecular weight is 210 g/mol. The van der Waals surface area contributed by atoms with Gasteiger partial charge in [0, 0.05) is 0 Å². The lowest BCUT2D eigenvalue weighted by Crippen LogP contribution is -2.32. The van der Waals surface area contributed by atoms with Gasteiger partial charge >= 0.3 is 11.7 Å². The number of carbonyl (C=O) groups is 1. The number of rotatable bonds is 5. The van der Waals surface area contributed by atoms with Crippen molar-refractivity contribution in [3.8, 4) is 12.3 Å². The summed E-state index contributed by atoms with van der Waals surface area (Å²) in [6.45, 7) is 3.52. The standard InChI is InChI=1S/C10H14N2O3/c1-4-5-15-10(14)9(12-11)8(13)6-7(2)3/h1,7-8,13H,5-6H2,2-3H3.